The zero-order chi connectivity index (χ0) is 28.3. The van der Waals surface area contributed by atoms with E-state index in [-0.39, 0.29) is 22.0 Å². The molecule has 0 aliphatic heterocycles. The van der Waals surface area contributed by atoms with Gasteiger partial charge in [0.25, 0.3) is 0 Å². The second kappa shape index (κ2) is 10.6. The van der Waals surface area contributed by atoms with Gasteiger partial charge >= 0.3 is 0 Å². The molecule has 2 aliphatic rings. The molecule has 1 aromatic carbocycles. The minimum atomic E-state index is -2.02. The monoisotopic (exact) mass is 647 g/mol. The number of aliphatic hydroxyl groups excluding tert-OH is 1. The number of fused-ring (bicyclic) bond motifs is 1. The molecule has 1 unspecified atom stereocenters. The maximum Gasteiger partial charge on any atom is 0.192 e. The second-order valence-electron chi connectivity index (χ2n) is 15.3. The van der Waals surface area contributed by atoms with Crippen molar-refractivity contribution in [1.82, 2.24) is 4.98 Å². The number of benzene rings is 1. The molecule has 0 amide bonds. The highest BCUT2D eigenvalue weighted by Crippen LogP contribution is 2.51. The Morgan fingerprint density at radius 1 is 1.08 bits per heavy atom. The van der Waals surface area contributed by atoms with E-state index in [2.05, 4.69) is 115 Å². The summed E-state index contributed by atoms with van der Waals surface area (Å²) in [6, 6.07) is 8.56. The zero-order valence-corrected chi connectivity index (χ0v) is 28.6. The number of aromatic nitrogens is 1. The van der Waals surface area contributed by atoms with Crippen LogP contribution in [0.15, 0.2) is 24.3 Å². The molecule has 5 heteroatoms. The van der Waals surface area contributed by atoms with Crippen LogP contribution in [0.1, 0.15) is 139 Å². The molecule has 0 spiro atoms. The van der Waals surface area contributed by atoms with E-state index in [1.165, 1.54) is 33.2 Å². The van der Waals surface area contributed by atoms with Crippen LogP contribution in [0, 0.1) is 8.99 Å². The van der Waals surface area contributed by atoms with Gasteiger partial charge in [-0.05, 0) is 88.4 Å². The van der Waals surface area contributed by atoms with Crippen molar-refractivity contribution >= 4 is 30.9 Å². The average molecular weight is 648 g/mol. The molecule has 4 rings (SSSR count). The molecule has 3 nitrogen and oxygen atoms in total. The summed E-state index contributed by atoms with van der Waals surface area (Å²) in [7, 11) is -2.02. The Balaban J connectivity index is 1.90. The van der Waals surface area contributed by atoms with Crippen LogP contribution in [-0.2, 0) is 16.3 Å². The molecule has 2 atom stereocenters. The predicted octanol–water partition coefficient (Wildman–Crippen LogP) is 9.76. The van der Waals surface area contributed by atoms with Gasteiger partial charge in [-0.25, -0.2) is 0 Å². The van der Waals surface area contributed by atoms with Crippen LogP contribution in [0.3, 0.4) is 0 Å². The van der Waals surface area contributed by atoms with Gasteiger partial charge < -0.3 is 9.53 Å². The molecule has 0 radical (unpaired) electrons. The van der Waals surface area contributed by atoms with E-state index < -0.39 is 14.4 Å². The molecular formula is C33H50INO2Si. The Morgan fingerprint density at radius 2 is 1.71 bits per heavy atom. The largest absolute Gasteiger partial charge is 0.410 e. The van der Waals surface area contributed by atoms with Crippen LogP contribution >= 0.6 is 22.6 Å². The molecule has 0 bridgehead atoms. The molecule has 2 aliphatic carbocycles. The molecule has 1 heterocycles. The standard InChI is InChI=1S/C33H50INO2Si/c1-31(2,3)23-17-13-16-22(18-23)30(36)27-28(34)26-24(35-29(27)21-14-11-12-15-21)19-33(7,8)20-25(26)37-38(9,10)32(4,5)6/h13,16-18,21,25,30,36H,11-12,14-15,19-20H2,1-10H3/t25-,30?/m0/s1. The third-order valence-corrected chi connectivity index (χ3v) is 15.0. The van der Waals surface area contributed by atoms with Crippen molar-refractivity contribution in [2.45, 2.75) is 136 Å². The number of hydrogen-bond donors (Lipinski definition) is 1. The number of aliphatic hydroxyl groups is 1. The third-order valence-electron chi connectivity index (χ3n) is 9.35. The molecule has 210 valence electrons. The fourth-order valence-corrected chi connectivity index (χ4v) is 8.48. The van der Waals surface area contributed by atoms with Gasteiger partial charge in [0.05, 0.1) is 11.8 Å². The average Bonchev–Trinajstić information content (AvgIpc) is 3.30. The van der Waals surface area contributed by atoms with E-state index in [4.69, 9.17) is 9.41 Å². The van der Waals surface area contributed by atoms with Crippen LogP contribution in [0.4, 0.5) is 0 Å². The summed E-state index contributed by atoms with van der Waals surface area (Å²) >= 11 is 2.54. The van der Waals surface area contributed by atoms with Crippen LogP contribution in [0.2, 0.25) is 18.1 Å². The maximum absolute atomic E-state index is 12.1. The molecule has 1 N–H and O–H groups in total. The van der Waals surface area contributed by atoms with Crippen molar-refractivity contribution in [2.24, 2.45) is 5.41 Å². The Kier molecular flexibility index (Phi) is 8.40. The van der Waals surface area contributed by atoms with Gasteiger partial charge in [0.15, 0.2) is 8.32 Å². The Labute approximate surface area is 246 Å². The van der Waals surface area contributed by atoms with Gasteiger partial charge in [-0.2, -0.15) is 0 Å². The van der Waals surface area contributed by atoms with E-state index in [1.807, 2.05) is 0 Å². The first-order valence-corrected chi connectivity index (χ1v) is 18.6. The van der Waals surface area contributed by atoms with Crippen molar-refractivity contribution in [1.29, 1.82) is 0 Å². The highest BCUT2D eigenvalue weighted by molar-refractivity contribution is 14.1. The molecule has 1 aromatic heterocycles. The van der Waals surface area contributed by atoms with Gasteiger partial charge in [0.2, 0.25) is 0 Å². The van der Waals surface area contributed by atoms with Gasteiger partial charge in [0.1, 0.15) is 6.10 Å². The highest BCUT2D eigenvalue weighted by Gasteiger charge is 2.45. The van der Waals surface area contributed by atoms with Crippen LogP contribution < -0.4 is 0 Å². The van der Waals surface area contributed by atoms with E-state index in [0.29, 0.717) is 5.92 Å². The molecule has 38 heavy (non-hydrogen) atoms. The van der Waals surface area contributed by atoms with Crippen LogP contribution in [0.25, 0.3) is 0 Å². The zero-order valence-electron chi connectivity index (χ0n) is 25.5. The summed E-state index contributed by atoms with van der Waals surface area (Å²) in [5.41, 5.74) is 7.00. The van der Waals surface area contributed by atoms with Crippen LogP contribution in [0.5, 0.6) is 0 Å². The third kappa shape index (κ3) is 6.11. The van der Waals surface area contributed by atoms with Crippen LogP contribution in [-0.4, -0.2) is 18.4 Å². The van der Waals surface area contributed by atoms with Gasteiger partial charge in [-0.1, -0.05) is 92.5 Å². The maximum atomic E-state index is 12.1. The van der Waals surface area contributed by atoms with E-state index in [0.717, 1.165) is 42.5 Å². The molecule has 2 aromatic rings. The lowest BCUT2D eigenvalue weighted by molar-refractivity contribution is 0.104. The fraction of sp³-hybridized carbons (Fsp3) is 0.667. The number of rotatable bonds is 5. The minimum absolute atomic E-state index is 0.0125. The second-order valence-corrected chi connectivity index (χ2v) is 21.1. The highest BCUT2D eigenvalue weighted by atomic mass is 127. The van der Waals surface area contributed by atoms with Gasteiger partial charge in [0, 0.05) is 26.3 Å². The number of nitrogens with zero attached hydrogens (tertiary/aromatic N) is 1. The fourth-order valence-electron chi connectivity index (χ4n) is 5.99. The first kappa shape index (κ1) is 30.2. The van der Waals surface area contributed by atoms with E-state index >= 15 is 0 Å². The Bertz CT molecular complexity index is 1170. The SMILES string of the molecule is CC1(C)Cc2nc(C3CCCC3)c(C(O)c3cccc(C(C)(C)C)c3)c(I)c2[C@@H](O[Si](C)(C)C(C)(C)C)C1. The Morgan fingerprint density at radius 3 is 2.29 bits per heavy atom. The van der Waals surface area contributed by atoms with Gasteiger partial charge in [-0.3, -0.25) is 4.98 Å². The lowest BCUT2D eigenvalue weighted by Crippen LogP contribution is -2.44. The summed E-state index contributed by atoms with van der Waals surface area (Å²) in [5.74, 6) is 0.425. The van der Waals surface area contributed by atoms with E-state index in [9.17, 15) is 5.11 Å². The Hall–Kier alpha value is -0.763. The van der Waals surface area contributed by atoms with Crippen molar-refractivity contribution in [3.8, 4) is 0 Å². The first-order valence-electron chi connectivity index (χ1n) is 14.6. The van der Waals surface area contributed by atoms with E-state index in [1.54, 1.807) is 0 Å². The molecule has 0 saturated heterocycles. The van der Waals surface area contributed by atoms with Gasteiger partial charge in [-0.15, -0.1) is 0 Å². The normalized spacial score (nSPS) is 21.4. The smallest absolute Gasteiger partial charge is 0.192 e. The molecular weight excluding hydrogens is 597 g/mol. The molecule has 1 saturated carbocycles. The first-order chi connectivity index (χ1) is 17.4. The summed E-state index contributed by atoms with van der Waals surface area (Å²) in [6.45, 7) is 23.1. The number of pyridine rings is 1. The topological polar surface area (TPSA) is 42.4 Å². The quantitative estimate of drug-likeness (QED) is 0.260. The lowest BCUT2D eigenvalue weighted by Gasteiger charge is -2.44. The van der Waals surface area contributed by atoms with Crippen molar-refractivity contribution in [3.05, 3.63) is 61.5 Å². The molecule has 1 fully saturated rings. The number of hydrogen-bond acceptors (Lipinski definition) is 3. The van der Waals surface area contributed by atoms with Crippen molar-refractivity contribution in [2.75, 3.05) is 0 Å². The summed E-state index contributed by atoms with van der Waals surface area (Å²) in [5, 5.41) is 12.2. The summed E-state index contributed by atoms with van der Waals surface area (Å²) in [6.07, 6.45) is 6.09. The minimum Gasteiger partial charge on any atom is -0.410 e. The summed E-state index contributed by atoms with van der Waals surface area (Å²) < 4.78 is 8.35. The van der Waals surface area contributed by atoms with Crippen molar-refractivity contribution < 1.29 is 9.53 Å². The predicted molar refractivity (Wildman–Crippen MR) is 170 cm³/mol. The summed E-state index contributed by atoms with van der Waals surface area (Å²) in [4.78, 5) is 5.48. The lowest BCUT2D eigenvalue weighted by atomic mass is 9.74. The van der Waals surface area contributed by atoms with Crippen molar-refractivity contribution in [3.63, 3.8) is 0 Å². The number of halogens is 1.